The zero-order chi connectivity index (χ0) is 20.7. The molecule has 0 fully saturated rings. The van der Waals surface area contributed by atoms with Crippen LogP contribution in [0.5, 0.6) is 5.75 Å². The molecule has 0 saturated carbocycles. The molecular weight excluding hydrogens is 411 g/mol. The number of benzene rings is 2. The number of anilines is 1. The molecule has 0 spiro atoms. The van der Waals surface area contributed by atoms with Crippen molar-refractivity contribution in [2.75, 3.05) is 19.0 Å². The molecular formula is C18H14Cl2N2O6. The molecule has 0 aliphatic rings. The van der Waals surface area contributed by atoms with Gasteiger partial charge in [-0.3, -0.25) is 14.9 Å². The van der Waals surface area contributed by atoms with Gasteiger partial charge in [0.1, 0.15) is 5.75 Å². The van der Waals surface area contributed by atoms with Crippen LogP contribution in [-0.2, 0) is 14.3 Å². The van der Waals surface area contributed by atoms with E-state index in [0.29, 0.717) is 15.6 Å². The van der Waals surface area contributed by atoms with Crippen LogP contribution in [0.2, 0.25) is 10.0 Å². The summed E-state index contributed by atoms with van der Waals surface area (Å²) in [6.07, 6.45) is 2.60. The molecule has 0 aromatic heterocycles. The second-order valence-corrected chi connectivity index (χ2v) is 6.12. The van der Waals surface area contributed by atoms with Crippen molar-refractivity contribution in [2.45, 2.75) is 0 Å². The number of esters is 1. The molecule has 2 aromatic carbocycles. The first-order chi connectivity index (χ1) is 13.3. The highest BCUT2D eigenvalue weighted by molar-refractivity contribution is 6.42. The molecule has 0 bridgehead atoms. The first-order valence-electron chi connectivity index (χ1n) is 7.72. The van der Waals surface area contributed by atoms with Gasteiger partial charge in [0, 0.05) is 12.1 Å². The fourth-order valence-electron chi connectivity index (χ4n) is 2.05. The summed E-state index contributed by atoms with van der Waals surface area (Å²) in [7, 11) is 1.31. The molecule has 0 radical (unpaired) electrons. The molecule has 28 heavy (non-hydrogen) atoms. The number of halogens is 2. The summed E-state index contributed by atoms with van der Waals surface area (Å²) < 4.78 is 9.85. The number of nitro groups is 1. The Balaban J connectivity index is 1.91. The van der Waals surface area contributed by atoms with Gasteiger partial charge in [-0.05, 0) is 29.8 Å². The van der Waals surface area contributed by atoms with Gasteiger partial charge in [-0.1, -0.05) is 29.3 Å². The Labute approximate surface area is 169 Å². The Bertz CT molecular complexity index is 946. The van der Waals surface area contributed by atoms with Crippen molar-refractivity contribution >= 4 is 52.5 Å². The van der Waals surface area contributed by atoms with Gasteiger partial charge < -0.3 is 14.8 Å². The Morgan fingerprint density at radius 2 is 1.93 bits per heavy atom. The van der Waals surface area contributed by atoms with E-state index in [1.54, 1.807) is 18.2 Å². The minimum Gasteiger partial charge on any atom is -0.494 e. The first kappa shape index (κ1) is 21.2. The number of amides is 1. The summed E-state index contributed by atoms with van der Waals surface area (Å²) in [5, 5.41) is 13.9. The van der Waals surface area contributed by atoms with Crippen molar-refractivity contribution in [3.05, 3.63) is 68.2 Å². The number of hydrogen-bond acceptors (Lipinski definition) is 6. The van der Waals surface area contributed by atoms with Crippen molar-refractivity contribution < 1.29 is 24.0 Å². The number of nitro benzene ring substituents is 1. The van der Waals surface area contributed by atoms with Crippen LogP contribution in [-0.4, -0.2) is 30.5 Å². The topological polar surface area (TPSA) is 108 Å². The molecule has 1 amide bonds. The average Bonchev–Trinajstić information content (AvgIpc) is 2.67. The van der Waals surface area contributed by atoms with Gasteiger partial charge in [-0.25, -0.2) is 4.79 Å². The number of nitrogens with zero attached hydrogens (tertiary/aromatic N) is 1. The largest absolute Gasteiger partial charge is 0.494 e. The van der Waals surface area contributed by atoms with Crippen LogP contribution in [0.25, 0.3) is 6.08 Å². The fourth-order valence-corrected chi connectivity index (χ4v) is 2.35. The number of carbonyl (C=O) groups is 2. The SMILES string of the molecule is COc1cc([N+](=O)[O-])ccc1NC(=O)COC(=O)/C=C/c1ccc(Cl)c(Cl)c1. The van der Waals surface area contributed by atoms with Gasteiger partial charge in [0.15, 0.2) is 6.61 Å². The van der Waals surface area contributed by atoms with E-state index in [0.717, 1.165) is 6.08 Å². The van der Waals surface area contributed by atoms with Crippen molar-refractivity contribution in [1.82, 2.24) is 0 Å². The van der Waals surface area contributed by atoms with Gasteiger partial charge in [-0.15, -0.1) is 0 Å². The van der Waals surface area contributed by atoms with Crippen molar-refractivity contribution in [2.24, 2.45) is 0 Å². The summed E-state index contributed by atoms with van der Waals surface area (Å²) in [4.78, 5) is 33.8. The maximum atomic E-state index is 11.9. The van der Waals surface area contributed by atoms with E-state index in [1.165, 1.54) is 31.4 Å². The molecule has 0 aliphatic carbocycles. The maximum Gasteiger partial charge on any atom is 0.331 e. The predicted octanol–water partition coefficient (Wildman–Crippen LogP) is 4.11. The predicted molar refractivity (Wildman–Crippen MR) is 105 cm³/mol. The monoisotopic (exact) mass is 424 g/mol. The molecule has 2 rings (SSSR count). The van der Waals surface area contributed by atoms with Gasteiger partial charge in [-0.2, -0.15) is 0 Å². The van der Waals surface area contributed by atoms with E-state index >= 15 is 0 Å². The van der Waals surface area contributed by atoms with Crippen LogP contribution >= 0.6 is 23.2 Å². The van der Waals surface area contributed by atoms with Crippen LogP contribution in [0.1, 0.15) is 5.56 Å². The van der Waals surface area contributed by atoms with Gasteiger partial charge in [0.25, 0.3) is 11.6 Å². The van der Waals surface area contributed by atoms with E-state index in [2.05, 4.69) is 5.32 Å². The van der Waals surface area contributed by atoms with E-state index in [1.807, 2.05) is 0 Å². The van der Waals surface area contributed by atoms with Crippen molar-refractivity contribution in [3.8, 4) is 5.75 Å². The lowest BCUT2D eigenvalue weighted by molar-refractivity contribution is -0.384. The lowest BCUT2D eigenvalue weighted by atomic mass is 10.2. The second kappa shape index (κ2) is 9.72. The Kier molecular flexibility index (Phi) is 7.36. The number of nitrogens with one attached hydrogen (secondary N) is 1. The number of carbonyl (C=O) groups excluding carboxylic acids is 2. The van der Waals surface area contributed by atoms with Gasteiger partial charge in [0.2, 0.25) is 0 Å². The first-order valence-corrected chi connectivity index (χ1v) is 8.48. The molecule has 0 atom stereocenters. The maximum absolute atomic E-state index is 11.9. The van der Waals surface area contributed by atoms with Crippen LogP contribution in [0.4, 0.5) is 11.4 Å². The van der Waals surface area contributed by atoms with E-state index in [4.69, 9.17) is 32.7 Å². The molecule has 146 valence electrons. The Morgan fingerprint density at radius 3 is 2.57 bits per heavy atom. The van der Waals surface area contributed by atoms with E-state index < -0.39 is 23.4 Å². The molecule has 0 unspecified atom stereocenters. The minimum atomic E-state index is -0.739. The van der Waals surface area contributed by atoms with Crippen LogP contribution < -0.4 is 10.1 Å². The molecule has 0 aliphatic heterocycles. The minimum absolute atomic E-state index is 0.105. The average molecular weight is 425 g/mol. The third-order valence-electron chi connectivity index (χ3n) is 3.37. The third-order valence-corrected chi connectivity index (χ3v) is 4.11. The second-order valence-electron chi connectivity index (χ2n) is 5.30. The highest BCUT2D eigenvalue weighted by atomic mass is 35.5. The zero-order valence-corrected chi connectivity index (χ0v) is 16.0. The molecule has 0 saturated heterocycles. The van der Waals surface area contributed by atoms with Crippen LogP contribution in [0.15, 0.2) is 42.5 Å². The fraction of sp³-hybridized carbons (Fsp3) is 0.111. The number of methoxy groups -OCH3 is 1. The lowest BCUT2D eigenvalue weighted by Gasteiger charge is -2.09. The Morgan fingerprint density at radius 1 is 1.18 bits per heavy atom. The van der Waals surface area contributed by atoms with Crippen molar-refractivity contribution in [1.29, 1.82) is 0 Å². The molecule has 1 N–H and O–H groups in total. The summed E-state index contributed by atoms with van der Waals surface area (Å²) in [6.45, 7) is -0.551. The molecule has 0 heterocycles. The normalized spacial score (nSPS) is 10.5. The number of non-ortho nitro benzene ring substituents is 1. The lowest BCUT2D eigenvalue weighted by Crippen LogP contribution is -2.20. The zero-order valence-electron chi connectivity index (χ0n) is 14.5. The molecule has 2 aromatic rings. The number of ether oxygens (including phenoxy) is 2. The highest BCUT2D eigenvalue weighted by Gasteiger charge is 2.14. The quantitative estimate of drug-likeness (QED) is 0.310. The smallest absolute Gasteiger partial charge is 0.331 e. The van der Waals surface area contributed by atoms with Crippen LogP contribution in [0.3, 0.4) is 0 Å². The summed E-state index contributed by atoms with van der Waals surface area (Å²) in [5.74, 6) is -1.27. The number of hydrogen-bond donors (Lipinski definition) is 1. The van der Waals surface area contributed by atoms with Gasteiger partial charge in [0.05, 0.1) is 33.8 Å². The Hall–Kier alpha value is -3.10. The van der Waals surface area contributed by atoms with E-state index in [9.17, 15) is 19.7 Å². The molecule has 8 nitrogen and oxygen atoms in total. The standard InChI is InChI=1S/C18H14Cl2N2O6/c1-27-16-9-12(22(25)26)4-6-15(16)21-17(23)10-28-18(24)7-3-11-2-5-13(19)14(20)8-11/h2-9H,10H2,1H3,(H,21,23)/b7-3+. The van der Waals surface area contributed by atoms with Gasteiger partial charge >= 0.3 is 5.97 Å². The van der Waals surface area contributed by atoms with Crippen molar-refractivity contribution in [3.63, 3.8) is 0 Å². The summed E-state index contributed by atoms with van der Waals surface area (Å²) in [6, 6.07) is 8.51. The molecule has 10 heteroatoms. The van der Waals surface area contributed by atoms with E-state index in [-0.39, 0.29) is 17.1 Å². The highest BCUT2D eigenvalue weighted by Crippen LogP contribution is 2.29. The summed E-state index contributed by atoms with van der Waals surface area (Å²) >= 11 is 11.7. The summed E-state index contributed by atoms with van der Waals surface area (Å²) in [5.41, 5.74) is 0.653. The third kappa shape index (κ3) is 5.97. The number of rotatable bonds is 7. The van der Waals surface area contributed by atoms with Crippen LogP contribution in [0, 0.1) is 10.1 Å².